The summed E-state index contributed by atoms with van der Waals surface area (Å²) in [6, 6.07) is 19.1. The Bertz CT molecular complexity index is 1920. The van der Waals surface area contributed by atoms with Crippen LogP contribution in [-0.4, -0.2) is 25.1 Å². The lowest BCUT2D eigenvalue weighted by atomic mass is 10.0. The lowest BCUT2D eigenvalue weighted by Gasteiger charge is -2.15. The number of nitrogens with one attached hydrogen (secondary N) is 1. The number of aryl methyl sites for hydroxylation is 1. The van der Waals surface area contributed by atoms with E-state index in [0.29, 0.717) is 28.4 Å². The number of hydrogen-bond donors (Lipinski definition) is 2. The van der Waals surface area contributed by atoms with Gasteiger partial charge in [-0.25, -0.2) is 26.7 Å². The van der Waals surface area contributed by atoms with Crippen molar-refractivity contribution in [3.8, 4) is 22.6 Å². The summed E-state index contributed by atoms with van der Waals surface area (Å²) in [4.78, 5) is 17.6. The zero-order chi connectivity index (χ0) is 27.9. The topological polar surface area (TPSA) is 116 Å². The molecule has 11 heteroatoms. The van der Waals surface area contributed by atoms with Crippen molar-refractivity contribution in [2.45, 2.75) is 11.8 Å². The summed E-state index contributed by atoms with van der Waals surface area (Å²) < 4.78 is 62.6. The predicted molar refractivity (Wildman–Crippen MR) is 146 cm³/mol. The molecule has 0 aliphatic carbocycles. The van der Waals surface area contributed by atoms with Crippen LogP contribution in [0.25, 0.3) is 27.7 Å². The number of aromatic nitrogens is 2. The molecule has 0 amide bonds. The summed E-state index contributed by atoms with van der Waals surface area (Å²) >= 11 is 0. The fourth-order valence-electron chi connectivity index (χ4n) is 4.27. The molecular formula is C28H22F2N4O4S. The maximum Gasteiger partial charge on any atom is 0.267 e. The number of anilines is 2. The minimum Gasteiger partial charge on any atom is -0.495 e. The second kappa shape index (κ2) is 9.84. The minimum absolute atomic E-state index is 0.00547. The van der Waals surface area contributed by atoms with Crippen molar-refractivity contribution in [2.75, 3.05) is 17.6 Å². The van der Waals surface area contributed by atoms with Crippen molar-refractivity contribution in [2.24, 2.45) is 0 Å². The molecule has 5 aromatic rings. The Morgan fingerprint density at radius 3 is 2.38 bits per heavy atom. The molecule has 0 saturated heterocycles. The Morgan fingerprint density at radius 2 is 1.67 bits per heavy atom. The number of sulfonamides is 1. The van der Waals surface area contributed by atoms with E-state index in [4.69, 9.17) is 10.5 Å². The van der Waals surface area contributed by atoms with Crippen LogP contribution in [0, 0.1) is 18.6 Å². The van der Waals surface area contributed by atoms with Gasteiger partial charge in [-0.15, -0.1) is 0 Å². The monoisotopic (exact) mass is 548 g/mol. The molecule has 0 radical (unpaired) electrons. The molecular weight excluding hydrogens is 526 g/mol. The maximum absolute atomic E-state index is 14.2. The van der Waals surface area contributed by atoms with E-state index in [0.717, 1.165) is 17.7 Å². The highest BCUT2D eigenvalue weighted by Crippen LogP contribution is 2.32. The SMILES string of the molecule is COc1ccc(-c2ccc3nc(N)n(-c4ccccc4C)c(=O)c3c2)cc1S(=O)(=O)Nc1ccc(F)cc1F. The summed E-state index contributed by atoms with van der Waals surface area (Å²) in [5.41, 5.74) is 8.10. The van der Waals surface area contributed by atoms with Crippen LogP contribution >= 0.6 is 0 Å². The first-order valence-corrected chi connectivity index (χ1v) is 13.1. The number of fused-ring (bicyclic) bond motifs is 1. The third-order valence-electron chi connectivity index (χ3n) is 6.21. The number of nitrogens with two attached hydrogens (primary N) is 1. The summed E-state index contributed by atoms with van der Waals surface area (Å²) in [6.07, 6.45) is 0. The average Bonchev–Trinajstić information content (AvgIpc) is 2.91. The van der Waals surface area contributed by atoms with Crippen LogP contribution in [0.4, 0.5) is 20.4 Å². The number of halogens is 2. The number of hydrogen-bond acceptors (Lipinski definition) is 6. The molecule has 0 bridgehead atoms. The van der Waals surface area contributed by atoms with Gasteiger partial charge in [-0.3, -0.25) is 9.52 Å². The fraction of sp³-hybridized carbons (Fsp3) is 0.0714. The lowest BCUT2D eigenvalue weighted by molar-refractivity contribution is 0.403. The van der Waals surface area contributed by atoms with Crippen molar-refractivity contribution < 1.29 is 21.9 Å². The predicted octanol–water partition coefficient (Wildman–Crippen LogP) is 5.03. The number of para-hydroxylation sites is 1. The highest BCUT2D eigenvalue weighted by molar-refractivity contribution is 7.92. The molecule has 39 heavy (non-hydrogen) atoms. The zero-order valence-electron chi connectivity index (χ0n) is 20.8. The molecule has 198 valence electrons. The highest BCUT2D eigenvalue weighted by atomic mass is 32.2. The van der Waals surface area contributed by atoms with Crippen LogP contribution < -0.4 is 20.8 Å². The molecule has 0 fully saturated rings. The molecule has 4 aromatic carbocycles. The van der Waals surface area contributed by atoms with Crippen molar-refractivity contribution in [3.05, 3.63) is 106 Å². The molecule has 8 nitrogen and oxygen atoms in total. The third kappa shape index (κ3) is 4.79. The number of nitrogens with zero attached hydrogens (tertiary/aromatic N) is 2. The van der Waals surface area contributed by atoms with Gasteiger partial charge in [-0.05, 0) is 66.1 Å². The number of methoxy groups -OCH3 is 1. The average molecular weight is 549 g/mol. The Morgan fingerprint density at radius 1 is 0.949 bits per heavy atom. The van der Waals surface area contributed by atoms with Crippen LogP contribution in [-0.2, 0) is 10.0 Å². The molecule has 5 rings (SSSR count). The second-order valence-corrected chi connectivity index (χ2v) is 10.4. The maximum atomic E-state index is 14.2. The van der Waals surface area contributed by atoms with E-state index in [2.05, 4.69) is 9.71 Å². The van der Waals surface area contributed by atoms with Gasteiger partial charge in [-0.1, -0.05) is 30.3 Å². The summed E-state index contributed by atoms with van der Waals surface area (Å²) in [5, 5.41) is 0.275. The van der Waals surface area contributed by atoms with Crippen LogP contribution in [0.3, 0.4) is 0 Å². The third-order valence-corrected chi connectivity index (χ3v) is 7.60. The first kappa shape index (κ1) is 25.9. The van der Waals surface area contributed by atoms with Crippen molar-refractivity contribution in [3.63, 3.8) is 0 Å². The Balaban J connectivity index is 1.63. The van der Waals surface area contributed by atoms with Gasteiger partial charge in [0.2, 0.25) is 5.95 Å². The van der Waals surface area contributed by atoms with Crippen LogP contribution in [0.2, 0.25) is 0 Å². The summed E-state index contributed by atoms with van der Waals surface area (Å²) in [7, 11) is -3.06. The van der Waals surface area contributed by atoms with Gasteiger partial charge in [0.15, 0.2) is 0 Å². The number of rotatable bonds is 6. The lowest BCUT2D eigenvalue weighted by Crippen LogP contribution is -2.23. The first-order chi connectivity index (χ1) is 18.6. The van der Waals surface area contributed by atoms with E-state index >= 15 is 0 Å². The smallest absolute Gasteiger partial charge is 0.267 e. The van der Waals surface area contributed by atoms with Gasteiger partial charge >= 0.3 is 0 Å². The van der Waals surface area contributed by atoms with Gasteiger partial charge in [0.1, 0.15) is 22.3 Å². The van der Waals surface area contributed by atoms with Crippen molar-refractivity contribution in [1.82, 2.24) is 9.55 Å². The number of ether oxygens (including phenoxy) is 1. The van der Waals surface area contributed by atoms with Gasteiger partial charge < -0.3 is 10.5 Å². The molecule has 1 heterocycles. The fourth-order valence-corrected chi connectivity index (χ4v) is 5.53. The van der Waals surface area contributed by atoms with Gasteiger partial charge in [0.25, 0.3) is 15.6 Å². The normalized spacial score (nSPS) is 11.5. The number of nitrogen functional groups attached to an aromatic ring is 1. The Kier molecular flexibility index (Phi) is 6.52. The standard InChI is InChI=1S/C28H22F2N4O4S/c1-16-5-3-4-6-24(16)34-27(35)20-13-17(7-10-22(20)32-28(34)31)18-8-12-25(38-2)26(14-18)39(36,37)33-23-11-9-19(29)15-21(23)30/h3-15,33H,1-2H3,(H2,31,32). The van der Waals surface area contributed by atoms with Crippen LogP contribution in [0.5, 0.6) is 5.75 Å². The van der Waals surface area contributed by atoms with Crippen molar-refractivity contribution >= 4 is 32.6 Å². The van der Waals surface area contributed by atoms with E-state index in [1.54, 1.807) is 36.4 Å². The first-order valence-electron chi connectivity index (χ1n) is 11.6. The largest absolute Gasteiger partial charge is 0.495 e. The molecule has 0 unspecified atom stereocenters. The summed E-state index contributed by atoms with van der Waals surface area (Å²) in [5.74, 6) is -1.87. The minimum atomic E-state index is -4.36. The molecule has 3 N–H and O–H groups in total. The second-order valence-electron chi connectivity index (χ2n) is 8.72. The van der Waals surface area contributed by atoms with Gasteiger partial charge in [0, 0.05) is 6.07 Å². The van der Waals surface area contributed by atoms with E-state index in [9.17, 15) is 22.0 Å². The Labute approximate surface area is 222 Å². The van der Waals surface area contributed by atoms with Crippen LogP contribution in [0.1, 0.15) is 5.56 Å². The van der Waals surface area contributed by atoms with E-state index in [1.807, 2.05) is 19.1 Å². The van der Waals surface area contributed by atoms with Gasteiger partial charge in [0.05, 0.1) is 29.4 Å². The molecule has 0 aliphatic heterocycles. The number of benzene rings is 4. The van der Waals surface area contributed by atoms with Crippen LogP contribution in [0.15, 0.2) is 88.6 Å². The molecule has 0 saturated carbocycles. The molecule has 1 aromatic heterocycles. The highest BCUT2D eigenvalue weighted by Gasteiger charge is 2.23. The quantitative estimate of drug-likeness (QED) is 0.308. The molecule has 0 atom stereocenters. The van der Waals surface area contributed by atoms with Crippen molar-refractivity contribution in [1.29, 1.82) is 0 Å². The van der Waals surface area contributed by atoms with E-state index in [1.165, 1.54) is 23.8 Å². The van der Waals surface area contributed by atoms with E-state index in [-0.39, 0.29) is 27.5 Å². The van der Waals surface area contributed by atoms with Gasteiger partial charge in [-0.2, -0.15) is 0 Å². The van der Waals surface area contributed by atoms with E-state index < -0.39 is 27.3 Å². The molecule has 0 aliphatic rings. The summed E-state index contributed by atoms with van der Waals surface area (Å²) in [6.45, 7) is 1.85. The molecule has 0 spiro atoms. The zero-order valence-corrected chi connectivity index (χ0v) is 21.6. The Hall–Kier alpha value is -4.77.